The van der Waals surface area contributed by atoms with Gasteiger partial charge in [0.15, 0.2) is 11.6 Å². The fourth-order valence-corrected chi connectivity index (χ4v) is 2.34. The molecule has 4 nitrogen and oxygen atoms in total. The van der Waals surface area contributed by atoms with Crippen molar-refractivity contribution in [1.29, 1.82) is 0 Å². The van der Waals surface area contributed by atoms with E-state index in [1.165, 1.54) is 12.1 Å². The Bertz CT molecular complexity index is 514. The standard InChI is InChI=1S/C14H18F2N2O2/c1-14(5-7-17-8-6-14)18-10-4-3-9(13(19)20-2)11(15)12(10)16/h3-4,17-18H,5-8H2,1-2H3. The first-order valence-electron chi connectivity index (χ1n) is 6.52. The maximum atomic E-state index is 14.0. The minimum Gasteiger partial charge on any atom is -0.465 e. The van der Waals surface area contributed by atoms with E-state index in [0.717, 1.165) is 33.0 Å². The molecule has 1 heterocycles. The lowest BCUT2D eigenvalue weighted by molar-refractivity contribution is 0.0594. The van der Waals surface area contributed by atoms with Crippen molar-refractivity contribution in [3.63, 3.8) is 0 Å². The van der Waals surface area contributed by atoms with Crippen LogP contribution in [0.25, 0.3) is 0 Å². The summed E-state index contributed by atoms with van der Waals surface area (Å²) in [4.78, 5) is 11.3. The fourth-order valence-electron chi connectivity index (χ4n) is 2.34. The second-order valence-electron chi connectivity index (χ2n) is 5.22. The van der Waals surface area contributed by atoms with Crippen molar-refractivity contribution in [2.75, 3.05) is 25.5 Å². The van der Waals surface area contributed by atoms with E-state index in [0.29, 0.717) is 0 Å². The molecule has 0 amide bonds. The molecule has 0 unspecified atom stereocenters. The number of esters is 1. The average molecular weight is 284 g/mol. The van der Waals surface area contributed by atoms with E-state index in [4.69, 9.17) is 0 Å². The maximum Gasteiger partial charge on any atom is 0.340 e. The Kier molecular flexibility index (Phi) is 4.23. The molecule has 0 radical (unpaired) electrons. The summed E-state index contributed by atoms with van der Waals surface area (Å²) < 4.78 is 32.3. The molecule has 0 atom stereocenters. The molecule has 0 saturated carbocycles. The van der Waals surface area contributed by atoms with Crippen LogP contribution in [0.3, 0.4) is 0 Å². The Morgan fingerprint density at radius 3 is 2.55 bits per heavy atom. The number of nitrogens with one attached hydrogen (secondary N) is 2. The fraction of sp³-hybridized carbons (Fsp3) is 0.500. The van der Waals surface area contributed by atoms with Crippen LogP contribution in [-0.2, 0) is 4.74 Å². The molecule has 1 fully saturated rings. The molecular formula is C14H18F2N2O2. The van der Waals surface area contributed by atoms with Gasteiger partial charge in [-0.15, -0.1) is 0 Å². The highest BCUT2D eigenvalue weighted by molar-refractivity contribution is 5.90. The van der Waals surface area contributed by atoms with Crippen LogP contribution in [0.4, 0.5) is 14.5 Å². The summed E-state index contributed by atoms with van der Waals surface area (Å²) >= 11 is 0. The Hall–Kier alpha value is -1.69. The first-order valence-corrected chi connectivity index (χ1v) is 6.52. The molecule has 110 valence electrons. The van der Waals surface area contributed by atoms with Gasteiger partial charge < -0.3 is 15.4 Å². The lowest BCUT2D eigenvalue weighted by Crippen LogP contribution is -2.45. The summed E-state index contributed by atoms with van der Waals surface area (Å²) in [5, 5.41) is 6.26. The van der Waals surface area contributed by atoms with Crippen molar-refractivity contribution in [1.82, 2.24) is 5.32 Å². The lowest BCUT2D eigenvalue weighted by Gasteiger charge is -2.36. The van der Waals surface area contributed by atoms with Crippen LogP contribution in [0.5, 0.6) is 0 Å². The zero-order valence-electron chi connectivity index (χ0n) is 11.6. The Morgan fingerprint density at radius 2 is 1.95 bits per heavy atom. The summed E-state index contributed by atoms with van der Waals surface area (Å²) in [5.41, 5.74) is -0.615. The van der Waals surface area contributed by atoms with Gasteiger partial charge in [0.25, 0.3) is 0 Å². The summed E-state index contributed by atoms with van der Waals surface area (Å²) in [5.74, 6) is -3.12. The number of anilines is 1. The van der Waals surface area contributed by atoms with Gasteiger partial charge in [-0.1, -0.05) is 0 Å². The molecule has 20 heavy (non-hydrogen) atoms. The topological polar surface area (TPSA) is 50.4 Å². The molecule has 1 aromatic rings. The quantitative estimate of drug-likeness (QED) is 0.836. The van der Waals surface area contributed by atoms with Crippen LogP contribution in [-0.4, -0.2) is 31.7 Å². The summed E-state index contributed by atoms with van der Waals surface area (Å²) in [6.07, 6.45) is 1.62. The monoisotopic (exact) mass is 284 g/mol. The zero-order chi connectivity index (χ0) is 14.8. The van der Waals surface area contributed by atoms with E-state index in [9.17, 15) is 13.6 Å². The van der Waals surface area contributed by atoms with Gasteiger partial charge in [-0.05, 0) is 45.0 Å². The summed E-state index contributed by atoms with van der Waals surface area (Å²) in [7, 11) is 1.13. The van der Waals surface area contributed by atoms with Crippen LogP contribution in [0, 0.1) is 11.6 Å². The number of halogens is 2. The third-order valence-electron chi connectivity index (χ3n) is 3.63. The van der Waals surface area contributed by atoms with Crippen LogP contribution >= 0.6 is 0 Å². The Balaban J connectivity index is 2.25. The van der Waals surface area contributed by atoms with Gasteiger partial charge in [0.2, 0.25) is 0 Å². The van der Waals surface area contributed by atoms with E-state index >= 15 is 0 Å². The number of piperidine rings is 1. The number of rotatable bonds is 3. The average Bonchev–Trinajstić information content (AvgIpc) is 2.44. The van der Waals surface area contributed by atoms with E-state index in [1.807, 2.05) is 6.92 Å². The van der Waals surface area contributed by atoms with Gasteiger partial charge in [-0.2, -0.15) is 0 Å². The van der Waals surface area contributed by atoms with Crippen LogP contribution in [0.15, 0.2) is 12.1 Å². The third kappa shape index (κ3) is 2.90. The SMILES string of the molecule is COC(=O)c1ccc(NC2(C)CCNCC2)c(F)c1F. The Morgan fingerprint density at radius 1 is 1.30 bits per heavy atom. The molecule has 1 aliphatic rings. The molecule has 0 aliphatic carbocycles. The van der Waals surface area contributed by atoms with Crippen LogP contribution in [0.2, 0.25) is 0 Å². The van der Waals surface area contributed by atoms with Gasteiger partial charge in [-0.3, -0.25) is 0 Å². The molecule has 2 rings (SSSR count). The number of carbonyl (C=O) groups excluding carboxylic acids is 1. The molecule has 2 N–H and O–H groups in total. The second-order valence-corrected chi connectivity index (χ2v) is 5.22. The number of carbonyl (C=O) groups is 1. The van der Waals surface area contributed by atoms with Crippen molar-refractivity contribution < 1.29 is 18.3 Å². The second kappa shape index (κ2) is 5.75. The predicted molar refractivity (Wildman–Crippen MR) is 71.8 cm³/mol. The predicted octanol–water partition coefficient (Wildman–Crippen LogP) is 2.31. The molecule has 0 spiro atoms. The van der Waals surface area contributed by atoms with Crippen molar-refractivity contribution >= 4 is 11.7 Å². The zero-order valence-corrected chi connectivity index (χ0v) is 11.6. The Labute approximate surface area is 116 Å². The summed E-state index contributed by atoms with van der Waals surface area (Å²) in [6.45, 7) is 3.63. The van der Waals surface area contributed by atoms with Crippen LogP contribution < -0.4 is 10.6 Å². The normalized spacial score (nSPS) is 17.6. The molecule has 6 heteroatoms. The van der Waals surface area contributed by atoms with Crippen molar-refractivity contribution in [2.24, 2.45) is 0 Å². The van der Waals surface area contributed by atoms with Crippen molar-refractivity contribution in [3.8, 4) is 0 Å². The van der Waals surface area contributed by atoms with Crippen LogP contribution in [0.1, 0.15) is 30.1 Å². The highest BCUT2D eigenvalue weighted by Crippen LogP contribution is 2.28. The van der Waals surface area contributed by atoms with E-state index in [-0.39, 0.29) is 11.2 Å². The third-order valence-corrected chi connectivity index (χ3v) is 3.63. The smallest absolute Gasteiger partial charge is 0.340 e. The number of ether oxygens (including phenoxy) is 1. The first-order chi connectivity index (χ1) is 9.47. The van der Waals surface area contributed by atoms with Gasteiger partial charge >= 0.3 is 5.97 Å². The van der Waals surface area contributed by atoms with Gasteiger partial charge in [0, 0.05) is 5.54 Å². The lowest BCUT2D eigenvalue weighted by atomic mass is 9.90. The summed E-state index contributed by atoms with van der Waals surface area (Å²) in [6, 6.07) is 2.61. The van der Waals surface area contributed by atoms with Gasteiger partial charge in [0.05, 0.1) is 18.4 Å². The number of methoxy groups -OCH3 is 1. The van der Waals surface area contributed by atoms with Gasteiger partial charge in [0.1, 0.15) is 0 Å². The minimum atomic E-state index is -1.18. The largest absolute Gasteiger partial charge is 0.465 e. The highest BCUT2D eigenvalue weighted by atomic mass is 19.2. The van der Waals surface area contributed by atoms with E-state index in [2.05, 4.69) is 15.4 Å². The van der Waals surface area contributed by atoms with Crippen molar-refractivity contribution in [2.45, 2.75) is 25.3 Å². The number of hydrogen-bond acceptors (Lipinski definition) is 4. The molecular weight excluding hydrogens is 266 g/mol. The molecule has 1 aromatic carbocycles. The van der Waals surface area contributed by atoms with E-state index < -0.39 is 23.2 Å². The highest BCUT2D eigenvalue weighted by Gasteiger charge is 2.28. The maximum absolute atomic E-state index is 14.0. The minimum absolute atomic E-state index is 0.0690. The van der Waals surface area contributed by atoms with Crippen molar-refractivity contribution in [3.05, 3.63) is 29.3 Å². The first kappa shape index (κ1) is 14.7. The molecule has 1 saturated heterocycles. The molecule has 0 aromatic heterocycles. The number of benzene rings is 1. The molecule has 1 aliphatic heterocycles. The number of hydrogen-bond donors (Lipinski definition) is 2. The molecule has 0 bridgehead atoms. The van der Waals surface area contributed by atoms with Gasteiger partial charge in [-0.25, -0.2) is 13.6 Å². The van der Waals surface area contributed by atoms with E-state index in [1.54, 1.807) is 0 Å².